The van der Waals surface area contributed by atoms with E-state index in [9.17, 15) is 18.4 Å². The molecule has 1 N–H and O–H groups in total. The maximum atomic E-state index is 13.5. The molecule has 0 saturated carbocycles. The maximum Gasteiger partial charge on any atom is 0.243 e. The number of nitrogens with one attached hydrogen (secondary N) is 1. The van der Waals surface area contributed by atoms with Gasteiger partial charge in [0.2, 0.25) is 11.8 Å². The van der Waals surface area contributed by atoms with Gasteiger partial charge in [-0.15, -0.1) is 0 Å². The summed E-state index contributed by atoms with van der Waals surface area (Å²) in [6.07, 6.45) is 0.353. The van der Waals surface area contributed by atoms with Crippen LogP contribution < -0.4 is 5.32 Å². The molecule has 0 fully saturated rings. The molecule has 3 rings (SSSR count). The van der Waals surface area contributed by atoms with Crippen molar-refractivity contribution < 1.29 is 18.4 Å². The molecule has 0 spiro atoms. The van der Waals surface area contributed by atoms with E-state index in [-0.39, 0.29) is 42.3 Å². The fourth-order valence-corrected chi connectivity index (χ4v) is 3.64. The molecule has 4 nitrogen and oxygen atoms in total. The molecule has 0 bridgehead atoms. The number of benzene rings is 3. The van der Waals surface area contributed by atoms with Gasteiger partial charge < -0.3 is 10.2 Å². The van der Waals surface area contributed by atoms with Gasteiger partial charge in [-0.3, -0.25) is 9.59 Å². The summed E-state index contributed by atoms with van der Waals surface area (Å²) in [6.45, 7) is 4.64. The van der Waals surface area contributed by atoms with E-state index < -0.39 is 6.04 Å². The lowest BCUT2D eigenvalue weighted by Crippen LogP contribution is -2.51. The largest absolute Gasteiger partial charge is 0.354 e. The predicted octanol–water partition coefficient (Wildman–Crippen LogP) is 4.92. The Balaban J connectivity index is 1.93. The predicted molar refractivity (Wildman–Crippen MR) is 129 cm³/mol. The summed E-state index contributed by atoms with van der Waals surface area (Å²) >= 11 is 0. The zero-order chi connectivity index (χ0) is 24.5. The second-order valence-corrected chi connectivity index (χ2v) is 8.80. The third-order valence-corrected chi connectivity index (χ3v) is 5.49. The topological polar surface area (TPSA) is 49.4 Å². The van der Waals surface area contributed by atoms with Gasteiger partial charge in [0.1, 0.15) is 17.7 Å². The molecule has 178 valence electrons. The Morgan fingerprint density at radius 2 is 1.35 bits per heavy atom. The normalized spacial score (nSPS) is 11.8. The van der Waals surface area contributed by atoms with Crippen molar-refractivity contribution in [2.45, 2.75) is 39.3 Å². The Morgan fingerprint density at radius 3 is 1.91 bits per heavy atom. The highest BCUT2D eigenvalue weighted by molar-refractivity contribution is 5.88. The third-order valence-electron chi connectivity index (χ3n) is 5.49. The van der Waals surface area contributed by atoms with Gasteiger partial charge in [-0.1, -0.05) is 68.4 Å². The molecule has 1 atom stereocenters. The smallest absolute Gasteiger partial charge is 0.243 e. The second kappa shape index (κ2) is 12.1. The van der Waals surface area contributed by atoms with Crippen LogP contribution >= 0.6 is 0 Å². The molecular formula is C28H30F2N2O2. The summed E-state index contributed by atoms with van der Waals surface area (Å²) < 4.78 is 26.8. The number of halogens is 2. The molecule has 0 aliphatic rings. The van der Waals surface area contributed by atoms with Crippen molar-refractivity contribution in [1.29, 1.82) is 0 Å². The van der Waals surface area contributed by atoms with Crippen LogP contribution in [-0.2, 0) is 29.0 Å². The van der Waals surface area contributed by atoms with Crippen LogP contribution in [0.15, 0.2) is 78.9 Å². The van der Waals surface area contributed by atoms with Crippen molar-refractivity contribution in [3.63, 3.8) is 0 Å². The minimum absolute atomic E-state index is 0.0181. The standard InChI is InChI=1S/C28H30F2N2O2/c1-20(2)18-31-28(34)26(16-21-6-4-3-5-7-21)32(19-23-10-14-25(30)15-11-23)27(33)17-22-8-12-24(29)13-9-22/h3-15,20,26H,16-19H2,1-2H3,(H,31,34)/t26-/m0/s1. The Morgan fingerprint density at radius 1 is 0.794 bits per heavy atom. The second-order valence-electron chi connectivity index (χ2n) is 8.80. The summed E-state index contributed by atoms with van der Waals surface area (Å²) in [5.74, 6) is -1.01. The van der Waals surface area contributed by atoms with Gasteiger partial charge in [-0.2, -0.15) is 0 Å². The lowest BCUT2D eigenvalue weighted by molar-refractivity contribution is -0.140. The molecule has 3 aromatic rings. The summed E-state index contributed by atoms with van der Waals surface area (Å²) in [5, 5.41) is 2.96. The molecule has 0 aromatic heterocycles. The fraction of sp³-hybridized carbons (Fsp3) is 0.286. The fourth-order valence-electron chi connectivity index (χ4n) is 3.64. The van der Waals surface area contributed by atoms with E-state index in [0.717, 1.165) is 5.56 Å². The number of hydrogen-bond acceptors (Lipinski definition) is 2. The van der Waals surface area contributed by atoms with Crippen LogP contribution in [0, 0.1) is 17.6 Å². The van der Waals surface area contributed by atoms with E-state index in [0.29, 0.717) is 24.1 Å². The van der Waals surface area contributed by atoms with Crippen LogP contribution in [0.3, 0.4) is 0 Å². The minimum Gasteiger partial charge on any atom is -0.354 e. The van der Waals surface area contributed by atoms with E-state index in [1.165, 1.54) is 24.3 Å². The van der Waals surface area contributed by atoms with Gasteiger partial charge in [0, 0.05) is 19.5 Å². The highest BCUT2D eigenvalue weighted by Crippen LogP contribution is 2.17. The quantitative estimate of drug-likeness (QED) is 0.463. The van der Waals surface area contributed by atoms with E-state index in [4.69, 9.17) is 0 Å². The van der Waals surface area contributed by atoms with Gasteiger partial charge in [0.15, 0.2) is 0 Å². The van der Waals surface area contributed by atoms with E-state index in [1.807, 2.05) is 44.2 Å². The lowest BCUT2D eigenvalue weighted by atomic mass is 10.0. The summed E-state index contributed by atoms with van der Waals surface area (Å²) in [7, 11) is 0. The molecule has 34 heavy (non-hydrogen) atoms. The number of amides is 2. The van der Waals surface area contributed by atoms with E-state index >= 15 is 0 Å². The molecule has 0 unspecified atom stereocenters. The van der Waals surface area contributed by atoms with Crippen LogP contribution in [0.2, 0.25) is 0 Å². The summed E-state index contributed by atoms with van der Waals surface area (Å²) in [4.78, 5) is 28.4. The first kappa shape index (κ1) is 25.1. The summed E-state index contributed by atoms with van der Waals surface area (Å²) in [5.41, 5.74) is 2.28. The van der Waals surface area contributed by atoms with Gasteiger partial charge in [0.25, 0.3) is 0 Å². The van der Waals surface area contributed by atoms with Gasteiger partial charge in [-0.05, 0) is 46.9 Å². The van der Waals surface area contributed by atoms with Gasteiger partial charge >= 0.3 is 0 Å². The molecule has 6 heteroatoms. The Kier molecular flexibility index (Phi) is 8.91. The number of carbonyl (C=O) groups is 2. The van der Waals surface area contributed by atoms with Crippen molar-refractivity contribution in [2.75, 3.05) is 6.54 Å². The maximum absolute atomic E-state index is 13.5. The first-order chi connectivity index (χ1) is 16.3. The minimum atomic E-state index is -0.765. The molecule has 2 amide bonds. The van der Waals surface area contributed by atoms with Gasteiger partial charge in [-0.25, -0.2) is 8.78 Å². The molecule has 0 aliphatic carbocycles. The van der Waals surface area contributed by atoms with Crippen LogP contribution in [0.4, 0.5) is 8.78 Å². The Hall–Kier alpha value is -3.54. The highest BCUT2D eigenvalue weighted by atomic mass is 19.1. The number of hydrogen-bond donors (Lipinski definition) is 1. The summed E-state index contributed by atoms with van der Waals surface area (Å²) in [6, 6.07) is 20.4. The van der Waals surface area contributed by atoms with Crippen molar-refractivity contribution in [3.05, 3.63) is 107 Å². The molecular weight excluding hydrogens is 434 g/mol. The SMILES string of the molecule is CC(C)CNC(=O)[C@H](Cc1ccccc1)N(Cc1ccc(F)cc1)C(=O)Cc1ccc(F)cc1. The molecule has 0 heterocycles. The first-order valence-corrected chi connectivity index (χ1v) is 11.4. The number of carbonyl (C=O) groups excluding carboxylic acids is 2. The van der Waals surface area contributed by atoms with Crippen LogP contribution in [0.25, 0.3) is 0 Å². The van der Waals surface area contributed by atoms with E-state index in [2.05, 4.69) is 5.32 Å². The van der Waals surface area contributed by atoms with Crippen LogP contribution in [0.1, 0.15) is 30.5 Å². The molecule has 0 saturated heterocycles. The Bertz CT molecular complexity index is 1070. The highest BCUT2D eigenvalue weighted by Gasteiger charge is 2.30. The van der Waals surface area contributed by atoms with Crippen molar-refractivity contribution >= 4 is 11.8 Å². The average molecular weight is 465 g/mol. The zero-order valence-electron chi connectivity index (χ0n) is 19.5. The lowest BCUT2D eigenvalue weighted by Gasteiger charge is -2.32. The zero-order valence-corrected chi connectivity index (χ0v) is 19.5. The van der Waals surface area contributed by atoms with Crippen molar-refractivity contribution in [1.82, 2.24) is 10.2 Å². The molecule has 0 radical (unpaired) electrons. The van der Waals surface area contributed by atoms with Crippen LogP contribution in [-0.4, -0.2) is 29.3 Å². The molecule has 3 aromatic carbocycles. The van der Waals surface area contributed by atoms with E-state index in [1.54, 1.807) is 29.2 Å². The monoisotopic (exact) mass is 464 g/mol. The number of nitrogens with zero attached hydrogens (tertiary/aromatic N) is 1. The van der Waals surface area contributed by atoms with Crippen LogP contribution in [0.5, 0.6) is 0 Å². The molecule has 0 aliphatic heterocycles. The third kappa shape index (κ3) is 7.51. The van der Waals surface area contributed by atoms with Crippen molar-refractivity contribution in [2.24, 2.45) is 5.92 Å². The first-order valence-electron chi connectivity index (χ1n) is 11.4. The van der Waals surface area contributed by atoms with Gasteiger partial charge in [0.05, 0.1) is 6.42 Å². The average Bonchev–Trinajstić information content (AvgIpc) is 2.83. The van der Waals surface area contributed by atoms with Crippen molar-refractivity contribution in [3.8, 4) is 0 Å². The Labute approximate surface area is 199 Å². The number of rotatable bonds is 10.